The SMILES string of the molecule is [CH]CCOC. The van der Waals surface area contributed by atoms with Crippen LogP contribution in [0.25, 0.3) is 0 Å². The molecule has 0 aliphatic rings. The molecule has 0 heterocycles. The van der Waals surface area contributed by atoms with Gasteiger partial charge in [-0.3, -0.25) is 0 Å². The monoisotopic (exact) mass is 72.1 g/mol. The van der Waals surface area contributed by atoms with Crippen molar-refractivity contribution in [3.8, 4) is 0 Å². The normalized spacial score (nSPS) is 8.40. The van der Waals surface area contributed by atoms with Crippen LogP contribution in [0.5, 0.6) is 0 Å². The molecule has 1 heteroatoms. The summed E-state index contributed by atoms with van der Waals surface area (Å²) in [6.07, 6.45) is 0.622. The average molecular weight is 72.1 g/mol. The van der Waals surface area contributed by atoms with Crippen LogP contribution in [-0.2, 0) is 4.74 Å². The molecule has 0 aliphatic carbocycles. The van der Waals surface area contributed by atoms with Crippen LogP contribution >= 0.6 is 0 Å². The van der Waals surface area contributed by atoms with E-state index in [0.717, 1.165) is 0 Å². The summed E-state index contributed by atoms with van der Waals surface area (Å²) in [5.41, 5.74) is 0. The van der Waals surface area contributed by atoms with E-state index in [4.69, 9.17) is 6.92 Å². The van der Waals surface area contributed by atoms with E-state index in [9.17, 15) is 0 Å². The Morgan fingerprint density at radius 1 is 1.80 bits per heavy atom. The Hall–Kier alpha value is -0.0400. The van der Waals surface area contributed by atoms with E-state index < -0.39 is 0 Å². The largest absolute Gasteiger partial charge is 0.385 e. The Kier molecular flexibility index (Phi) is 3.93. The van der Waals surface area contributed by atoms with E-state index >= 15 is 0 Å². The summed E-state index contributed by atoms with van der Waals surface area (Å²) in [5, 5.41) is 0. The fraction of sp³-hybridized carbons (Fsp3) is 0.750. The molecule has 0 saturated heterocycles. The number of hydrogen-bond acceptors (Lipinski definition) is 1. The van der Waals surface area contributed by atoms with Crippen LogP contribution in [0.15, 0.2) is 0 Å². The average Bonchev–Trinajstić information content (AvgIpc) is 1.41. The number of ether oxygens (including phenoxy) is 1. The van der Waals surface area contributed by atoms with Gasteiger partial charge in [-0.1, -0.05) is 0 Å². The van der Waals surface area contributed by atoms with Crippen LogP contribution in [0.2, 0.25) is 0 Å². The first kappa shape index (κ1) is 4.96. The third-order valence-electron chi connectivity index (χ3n) is 0.322. The third kappa shape index (κ3) is 3.96. The molecule has 0 spiro atoms. The predicted molar refractivity (Wildman–Crippen MR) is 20.8 cm³/mol. The van der Waals surface area contributed by atoms with Crippen LogP contribution in [0.4, 0.5) is 0 Å². The molecule has 0 bridgehead atoms. The lowest BCUT2D eigenvalue weighted by atomic mass is 10.5. The van der Waals surface area contributed by atoms with Gasteiger partial charge >= 0.3 is 0 Å². The van der Waals surface area contributed by atoms with Crippen LogP contribution in [0.1, 0.15) is 6.42 Å². The lowest BCUT2D eigenvalue weighted by Crippen LogP contribution is -1.81. The quantitative estimate of drug-likeness (QED) is 0.467. The van der Waals surface area contributed by atoms with Crippen molar-refractivity contribution >= 4 is 0 Å². The Balaban J connectivity index is 2.19. The molecule has 1 nitrogen and oxygen atoms in total. The van der Waals surface area contributed by atoms with Crippen LogP contribution in [0, 0.1) is 6.92 Å². The first-order valence-corrected chi connectivity index (χ1v) is 1.61. The predicted octanol–water partition coefficient (Wildman–Crippen LogP) is 0.734. The summed E-state index contributed by atoms with van der Waals surface area (Å²) in [4.78, 5) is 0. The van der Waals surface area contributed by atoms with Gasteiger partial charge in [-0.05, 0) is 13.3 Å². The van der Waals surface area contributed by atoms with Gasteiger partial charge in [0.2, 0.25) is 0 Å². The van der Waals surface area contributed by atoms with Crippen LogP contribution < -0.4 is 0 Å². The van der Waals surface area contributed by atoms with E-state index in [1.54, 1.807) is 7.11 Å². The van der Waals surface area contributed by atoms with Crippen molar-refractivity contribution in [2.24, 2.45) is 0 Å². The molecule has 5 heavy (non-hydrogen) atoms. The molecular weight excluding hydrogens is 64.0 g/mol. The smallest absolute Gasteiger partial charge is 0.0465 e. The molecule has 0 amide bonds. The van der Waals surface area contributed by atoms with Crippen molar-refractivity contribution in [1.29, 1.82) is 0 Å². The molecule has 0 unspecified atom stereocenters. The molecule has 0 rings (SSSR count). The molecule has 2 radical (unpaired) electrons. The molecule has 0 aliphatic heterocycles. The van der Waals surface area contributed by atoms with Crippen molar-refractivity contribution in [2.45, 2.75) is 6.42 Å². The molecule has 0 aromatic rings. The van der Waals surface area contributed by atoms with Crippen molar-refractivity contribution in [2.75, 3.05) is 13.7 Å². The summed E-state index contributed by atoms with van der Waals surface area (Å²) >= 11 is 0. The zero-order chi connectivity index (χ0) is 4.12. The van der Waals surface area contributed by atoms with Gasteiger partial charge in [0, 0.05) is 13.7 Å². The maximum absolute atomic E-state index is 5.01. The van der Waals surface area contributed by atoms with Gasteiger partial charge in [0.1, 0.15) is 0 Å². The second-order valence-corrected chi connectivity index (χ2v) is 0.781. The molecule has 0 fully saturated rings. The van der Waals surface area contributed by atoms with Gasteiger partial charge in [-0.25, -0.2) is 0 Å². The Labute approximate surface area is 32.9 Å². The van der Waals surface area contributed by atoms with Crippen molar-refractivity contribution in [3.63, 3.8) is 0 Å². The molecule has 0 aromatic carbocycles. The van der Waals surface area contributed by atoms with Gasteiger partial charge in [0.25, 0.3) is 0 Å². The molecule has 30 valence electrons. The van der Waals surface area contributed by atoms with Gasteiger partial charge in [0.05, 0.1) is 0 Å². The van der Waals surface area contributed by atoms with E-state index in [0.29, 0.717) is 13.0 Å². The lowest BCUT2D eigenvalue weighted by Gasteiger charge is -1.84. The van der Waals surface area contributed by atoms with Crippen molar-refractivity contribution in [3.05, 3.63) is 6.92 Å². The molecular formula is C4H8O. The fourth-order valence-electron chi connectivity index (χ4n) is 0.118. The highest BCUT2D eigenvalue weighted by Crippen LogP contribution is 1.69. The summed E-state index contributed by atoms with van der Waals surface area (Å²) in [6.45, 7) is 5.68. The highest BCUT2D eigenvalue weighted by atomic mass is 16.5. The van der Waals surface area contributed by atoms with E-state index in [1.807, 2.05) is 0 Å². The van der Waals surface area contributed by atoms with Gasteiger partial charge < -0.3 is 4.74 Å². The second kappa shape index (κ2) is 3.96. The zero-order valence-corrected chi connectivity index (χ0v) is 3.40. The Bertz CT molecular complexity index is 11.1. The van der Waals surface area contributed by atoms with Crippen LogP contribution in [-0.4, -0.2) is 13.7 Å². The fourth-order valence-corrected chi connectivity index (χ4v) is 0.118. The Morgan fingerprint density at radius 2 is 2.40 bits per heavy atom. The minimum absolute atomic E-state index is 0.622. The third-order valence-corrected chi connectivity index (χ3v) is 0.322. The summed E-state index contributed by atoms with van der Waals surface area (Å²) < 4.78 is 4.57. The maximum atomic E-state index is 5.01. The number of rotatable bonds is 2. The van der Waals surface area contributed by atoms with Gasteiger partial charge in [-0.2, -0.15) is 0 Å². The minimum Gasteiger partial charge on any atom is -0.385 e. The first-order chi connectivity index (χ1) is 2.41. The van der Waals surface area contributed by atoms with E-state index in [-0.39, 0.29) is 0 Å². The topological polar surface area (TPSA) is 9.23 Å². The second-order valence-electron chi connectivity index (χ2n) is 0.781. The lowest BCUT2D eigenvalue weighted by molar-refractivity contribution is 0.204. The van der Waals surface area contributed by atoms with Crippen molar-refractivity contribution < 1.29 is 4.74 Å². The minimum atomic E-state index is 0.622. The van der Waals surface area contributed by atoms with E-state index in [1.165, 1.54) is 0 Å². The Morgan fingerprint density at radius 3 is 2.40 bits per heavy atom. The number of methoxy groups -OCH3 is 1. The summed E-state index contributed by atoms with van der Waals surface area (Å²) in [5.74, 6) is 0. The van der Waals surface area contributed by atoms with Crippen LogP contribution in [0.3, 0.4) is 0 Å². The van der Waals surface area contributed by atoms with Gasteiger partial charge in [-0.15, -0.1) is 0 Å². The highest BCUT2D eigenvalue weighted by Gasteiger charge is 1.66. The summed E-state index contributed by atoms with van der Waals surface area (Å²) in [7, 11) is 1.63. The van der Waals surface area contributed by atoms with Gasteiger partial charge in [0.15, 0.2) is 0 Å². The maximum Gasteiger partial charge on any atom is 0.0465 e. The van der Waals surface area contributed by atoms with E-state index in [2.05, 4.69) is 4.74 Å². The van der Waals surface area contributed by atoms with Crippen molar-refractivity contribution in [1.82, 2.24) is 0 Å². The first-order valence-electron chi connectivity index (χ1n) is 1.61. The summed E-state index contributed by atoms with van der Waals surface area (Å²) in [6, 6.07) is 0. The number of hydrogen-bond donors (Lipinski definition) is 0. The molecule has 0 saturated carbocycles. The molecule has 0 atom stereocenters. The highest BCUT2D eigenvalue weighted by molar-refractivity contribution is 4.31. The standard InChI is InChI=1S/C4H8O/c1-3-4-5-2/h1H,3-4H2,2H3. The molecule has 0 N–H and O–H groups in total. The molecule has 0 aromatic heterocycles. The zero-order valence-electron chi connectivity index (χ0n) is 3.40.